The van der Waals surface area contributed by atoms with Gasteiger partial charge in [0, 0.05) is 13.1 Å². The molecule has 2 unspecified atom stereocenters. The van der Waals surface area contributed by atoms with Crippen LogP contribution in [0, 0.1) is 6.92 Å². The molecule has 5 heteroatoms. The third-order valence-electron chi connectivity index (χ3n) is 4.23. The summed E-state index contributed by atoms with van der Waals surface area (Å²) in [6.07, 6.45) is 1.76. The van der Waals surface area contributed by atoms with Gasteiger partial charge in [-0.05, 0) is 48.6 Å². The zero-order chi connectivity index (χ0) is 13.6. The van der Waals surface area contributed by atoms with Crippen molar-refractivity contribution in [3.8, 4) is 0 Å². The molecule has 2 amide bonds. The summed E-state index contributed by atoms with van der Waals surface area (Å²) in [5.41, 5.74) is 2.36. The molecular formula is C14H18N2O2S. The van der Waals surface area contributed by atoms with Gasteiger partial charge in [-0.3, -0.25) is 9.59 Å². The van der Waals surface area contributed by atoms with Crippen LogP contribution in [0.15, 0.2) is 10.8 Å². The first-order chi connectivity index (χ1) is 9.09. The smallest absolute Gasteiger partial charge is 0.246 e. The number of piperazine rings is 1. The highest BCUT2D eigenvalue weighted by molar-refractivity contribution is 7.08. The second-order valence-corrected chi connectivity index (χ2v) is 6.16. The Kier molecular flexibility index (Phi) is 3.09. The Hall–Kier alpha value is -1.36. The Morgan fingerprint density at radius 2 is 2.11 bits per heavy atom. The molecule has 0 aliphatic carbocycles. The Bertz CT molecular complexity index is 525. The maximum absolute atomic E-state index is 12.5. The predicted molar refractivity (Wildman–Crippen MR) is 73.8 cm³/mol. The zero-order valence-electron chi connectivity index (χ0n) is 11.3. The lowest BCUT2D eigenvalue weighted by molar-refractivity contribution is -0.159. The molecule has 2 fully saturated rings. The van der Waals surface area contributed by atoms with Gasteiger partial charge in [0.15, 0.2) is 0 Å². The minimum absolute atomic E-state index is 0.106. The summed E-state index contributed by atoms with van der Waals surface area (Å²) < 4.78 is 0. The third kappa shape index (κ3) is 1.96. The maximum Gasteiger partial charge on any atom is 0.246 e. The van der Waals surface area contributed by atoms with Gasteiger partial charge >= 0.3 is 0 Å². The summed E-state index contributed by atoms with van der Waals surface area (Å²) in [5.74, 6) is 0.227. The highest BCUT2D eigenvalue weighted by Crippen LogP contribution is 2.28. The summed E-state index contributed by atoms with van der Waals surface area (Å²) in [6.45, 7) is 5.20. The molecule has 0 saturated carbocycles. The topological polar surface area (TPSA) is 40.6 Å². The van der Waals surface area contributed by atoms with Crippen molar-refractivity contribution in [3.05, 3.63) is 21.9 Å². The van der Waals surface area contributed by atoms with Gasteiger partial charge in [0.2, 0.25) is 11.8 Å². The second kappa shape index (κ2) is 4.63. The summed E-state index contributed by atoms with van der Waals surface area (Å²) >= 11 is 1.64. The number of carbonyl (C=O) groups is 2. The molecule has 1 aromatic rings. The van der Waals surface area contributed by atoms with Gasteiger partial charge < -0.3 is 9.80 Å². The summed E-state index contributed by atoms with van der Waals surface area (Å²) in [4.78, 5) is 28.4. The number of fused-ring (bicyclic) bond motifs is 1. The minimum Gasteiger partial charge on any atom is -0.329 e. The molecule has 0 radical (unpaired) electrons. The SMILES string of the molecule is Cc1cscc1CN1C(=O)C2CCCN2C(=O)C1C. The molecule has 19 heavy (non-hydrogen) atoms. The number of aryl methyl sites for hydroxylation is 1. The van der Waals surface area contributed by atoms with E-state index >= 15 is 0 Å². The summed E-state index contributed by atoms with van der Waals surface area (Å²) in [6, 6.07) is -0.538. The van der Waals surface area contributed by atoms with Crippen LogP contribution in [0.1, 0.15) is 30.9 Å². The van der Waals surface area contributed by atoms with Gasteiger partial charge in [0.05, 0.1) is 0 Å². The van der Waals surface area contributed by atoms with E-state index in [9.17, 15) is 9.59 Å². The van der Waals surface area contributed by atoms with Crippen LogP contribution < -0.4 is 0 Å². The van der Waals surface area contributed by atoms with Crippen molar-refractivity contribution in [3.63, 3.8) is 0 Å². The van der Waals surface area contributed by atoms with Gasteiger partial charge in [-0.2, -0.15) is 11.3 Å². The Labute approximate surface area is 117 Å². The molecule has 0 bridgehead atoms. The van der Waals surface area contributed by atoms with Crippen molar-refractivity contribution in [1.29, 1.82) is 0 Å². The van der Waals surface area contributed by atoms with E-state index in [1.165, 1.54) is 5.56 Å². The quantitative estimate of drug-likeness (QED) is 0.827. The molecule has 0 aromatic carbocycles. The monoisotopic (exact) mass is 278 g/mol. The lowest BCUT2D eigenvalue weighted by Gasteiger charge is -2.41. The van der Waals surface area contributed by atoms with Gasteiger partial charge in [0.25, 0.3) is 0 Å². The van der Waals surface area contributed by atoms with E-state index < -0.39 is 0 Å². The van der Waals surface area contributed by atoms with Crippen molar-refractivity contribution in [2.75, 3.05) is 6.54 Å². The number of nitrogens with zero attached hydrogens (tertiary/aromatic N) is 2. The fourth-order valence-electron chi connectivity index (χ4n) is 2.99. The van der Waals surface area contributed by atoms with E-state index in [4.69, 9.17) is 0 Å². The van der Waals surface area contributed by atoms with Gasteiger partial charge in [-0.1, -0.05) is 0 Å². The lowest BCUT2D eigenvalue weighted by atomic mass is 10.0. The normalized spacial score (nSPS) is 27.1. The Morgan fingerprint density at radius 3 is 2.79 bits per heavy atom. The average molecular weight is 278 g/mol. The van der Waals surface area contributed by atoms with Gasteiger partial charge in [-0.25, -0.2) is 0 Å². The van der Waals surface area contributed by atoms with E-state index in [1.54, 1.807) is 21.1 Å². The number of carbonyl (C=O) groups excluding carboxylic acids is 2. The van der Waals surface area contributed by atoms with Crippen LogP contribution in [0.25, 0.3) is 0 Å². The van der Waals surface area contributed by atoms with Crippen LogP contribution in [0.3, 0.4) is 0 Å². The number of rotatable bonds is 2. The largest absolute Gasteiger partial charge is 0.329 e. The molecule has 3 rings (SSSR count). The molecule has 1 aromatic heterocycles. The van der Waals surface area contributed by atoms with E-state index in [-0.39, 0.29) is 23.9 Å². The molecule has 0 spiro atoms. The van der Waals surface area contributed by atoms with Crippen molar-refractivity contribution in [2.45, 2.75) is 45.3 Å². The molecule has 2 aliphatic rings. The number of hydrogen-bond acceptors (Lipinski definition) is 3. The summed E-state index contributed by atoms with van der Waals surface area (Å²) in [7, 11) is 0. The van der Waals surface area contributed by atoms with Crippen LogP contribution in [0.4, 0.5) is 0 Å². The molecule has 0 N–H and O–H groups in total. The van der Waals surface area contributed by atoms with Crippen molar-refractivity contribution >= 4 is 23.2 Å². The Balaban J connectivity index is 1.86. The average Bonchev–Trinajstić information content (AvgIpc) is 3.01. The van der Waals surface area contributed by atoms with Crippen LogP contribution in [0.5, 0.6) is 0 Å². The van der Waals surface area contributed by atoms with E-state index in [0.717, 1.165) is 24.9 Å². The highest BCUT2D eigenvalue weighted by Gasteiger charge is 2.45. The van der Waals surface area contributed by atoms with Crippen LogP contribution in [-0.2, 0) is 16.1 Å². The number of amides is 2. The first-order valence-corrected chi connectivity index (χ1v) is 7.66. The first kappa shape index (κ1) is 12.7. The zero-order valence-corrected chi connectivity index (χ0v) is 12.1. The molecular weight excluding hydrogens is 260 g/mol. The minimum atomic E-state index is -0.332. The lowest BCUT2D eigenvalue weighted by Crippen LogP contribution is -2.61. The van der Waals surface area contributed by atoms with Gasteiger partial charge in [0.1, 0.15) is 12.1 Å². The van der Waals surface area contributed by atoms with E-state index in [2.05, 4.69) is 17.7 Å². The standard InChI is InChI=1S/C14H18N2O2S/c1-9-7-19-8-11(9)6-16-10(2)13(17)15-5-3-4-12(15)14(16)18/h7-8,10,12H,3-6H2,1-2H3. The van der Waals surface area contributed by atoms with Crippen molar-refractivity contribution < 1.29 is 9.59 Å². The van der Waals surface area contributed by atoms with E-state index in [1.807, 2.05) is 6.92 Å². The highest BCUT2D eigenvalue weighted by atomic mass is 32.1. The Morgan fingerprint density at radius 1 is 1.32 bits per heavy atom. The molecule has 2 atom stereocenters. The molecule has 2 aliphatic heterocycles. The number of hydrogen-bond donors (Lipinski definition) is 0. The number of thiophene rings is 1. The third-order valence-corrected chi connectivity index (χ3v) is 5.14. The van der Waals surface area contributed by atoms with Crippen molar-refractivity contribution in [2.24, 2.45) is 0 Å². The van der Waals surface area contributed by atoms with Crippen molar-refractivity contribution in [1.82, 2.24) is 9.80 Å². The van der Waals surface area contributed by atoms with E-state index in [0.29, 0.717) is 6.54 Å². The second-order valence-electron chi connectivity index (χ2n) is 5.41. The van der Waals surface area contributed by atoms with Crippen LogP contribution >= 0.6 is 11.3 Å². The molecule has 3 heterocycles. The van der Waals surface area contributed by atoms with Crippen LogP contribution in [-0.4, -0.2) is 40.2 Å². The summed E-state index contributed by atoms with van der Waals surface area (Å²) in [5, 5.41) is 4.15. The van der Waals surface area contributed by atoms with Crippen LogP contribution in [0.2, 0.25) is 0 Å². The molecule has 4 nitrogen and oxygen atoms in total. The maximum atomic E-state index is 12.5. The fraction of sp³-hybridized carbons (Fsp3) is 0.571. The first-order valence-electron chi connectivity index (χ1n) is 6.72. The predicted octanol–water partition coefficient (Wildman–Crippen LogP) is 1.78. The molecule has 2 saturated heterocycles. The molecule has 102 valence electrons. The fourth-order valence-corrected chi connectivity index (χ4v) is 3.84. The van der Waals surface area contributed by atoms with Gasteiger partial charge in [-0.15, -0.1) is 0 Å².